The number of allylic oxidation sites excluding steroid dienone is 1. The lowest BCUT2D eigenvalue weighted by atomic mass is 10.1. The third kappa shape index (κ3) is 4.46. The molecule has 3 aromatic rings. The Morgan fingerprint density at radius 1 is 0.769 bits per heavy atom. The average molecular weight is 363 g/mol. The topological polar surface area (TPSA) is 63.2 Å². The molecule has 1 N–H and O–H groups in total. The van der Waals surface area contributed by atoms with Crippen LogP contribution < -0.4 is 4.72 Å². The van der Waals surface area contributed by atoms with Gasteiger partial charge in [0.25, 0.3) is 10.0 Å². The number of hydrogen-bond acceptors (Lipinski definition) is 3. The molecule has 0 unspecified atom stereocenters. The third-order valence-corrected chi connectivity index (χ3v) is 5.10. The second-order valence-electron chi connectivity index (χ2n) is 5.60. The van der Waals surface area contributed by atoms with Gasteiger partial charge in [0, 0.05) is 11.3 Å². The number of nitrogens with one attached hydrogen (secondary N) is 1. The summed E-state index contributed by atoms with van der Waals surface area (Å²) in [6.45, 7) is 0. The van der Waals surface area contributed by atoms with Crippen LogP contribution in [0.1, 0.15) is 15.9 Å². The molecule has 0 aromatic heterocycles. The lowest BCUT2D eigenvalue weighted by Gasteiger charge is -2.08. The molecule has 0 spiro atoms. The SMILES string of the molecule is O=C(/C=C/c1ccccc1)c1ccc(NS(=O)(=O)c2ccccc2)cc1. The van der Waals surface area contributed by atoms with Crippen LogP contribution in [0, 0.1) is 0 Å². The minimum atomic E-state index is -3.64. The summed E-state index contributed by atoms with van der Waals surface area (Å²) in [7, 11) is -3.64. The predicted octanol–water partition coefficient (Wildman–Crippen LogP) is 4.38. The van der Waals surface area contributed by atoms with Crippen LogP contribution in [0.25, 0.3) is 6.08 Å². The van der Waals surface area contributed by atoms with Crippen LogP contribution in [0.15, 0.2) is 95.9 Å². The monoisotopic (exact) mass is 363 g/mol. The van der Waals surface area contributed by atoms with Gasteiger partial charge in [0.05, 0.1) is 4.90 Å². The summed E-state index contributed by atoms with van der Waals surface area (Å²) in [6, 6.07) is 24.0. The van der Waals surface area contributed by atoms with Crippen molar-refractivity contribution in [1.82, 2.24) is 0 Å². The van der Waals surface area contributed by atoms with E-state index in [1.54, 1.807) is 48.5 Å². The lowest BCUT2D eigenvalue weighted by Crippen LogP contribution is -2.12. The van der Waals surface area contributed by atoms with Gasteiger partial charge in [-0.3, -0.25) is 9.52 Å². The average Bonchev–Trinajstić information content (AvgIpc) is 2.68. The molecular formula is C21H17NO3S. The van der Waals surface area contributed by atoms with Gasteiger partial charge in [-0.2, -0.15) is 0 Å². The first-order chi connectivity index (χ1) is 12.5. The Labute approximate surface area is 152 Å². The number of sulfonamides is 1. The number of carbonyl (C=O) groups is 1. The van der Waals surface area contributed by atoms with Gasteiger partial charge in [-0.15, -0.1) is 0 Å². The van der Waals surface area contributed by atoms with E-state index in [1.807, 2.05) is 30.3 Å². The fourth-order valence-electron chi connectivity index (χ4n) is 2.35. The molecule has 0 aliphatic heterocycles. The van der Waals surface area contributed by atoms with Crippen molar-refractivity contribution in [2.45, 2.75) is 4.90 Å². The number of carbonyl (C=O) groups excluding carboxylic acids is 1. The van der Waals surface area contributed by atoms with Crippen molar-refractivity contribution < 1.29 is 13.2 Å². The number of anilines is 1. The minimum Gasteiger partial charge on any atom is -0.289 e. The van der Waals surface area contributed by atoms with Crippen LogP contribution >= 0.6 is 0 Å². The summed E-state index contributed by atoms with van der Waals surface area (Å²) < 4.78 is 27.1. The standard InChI is InChI=1S/C21H17NO3S/c23-21(16-11-17-7-3-1-4-8-17)18-12-14-19(15-13-18)22-26(24,25)20-9-5-2-6-10-20/h1-16,22H/b16-11+. The Balaban J connectivity index is 1.70. The number of benzene rings is 3. The van der Waals surface area contributed by atoms with Crippen molar-refractivity contribution in [1.29, 1.82) is 0 Å². The highest BCUT2D eigenvalue weighted by atomic mass is 32.2. The van der Waals surface area contributed by atoms with Gasteiger partial charge in [0.2, 0.25) is 0 Å². The molecule has 130 valence electrons. The van der Waals surface area contributed by atoms with Crippen LogP contribution in [-0.4, -0.2) is 14.2 Å². The highest BCUT2D eigenvalue weighted by Gasteiger charge is 2.13. The molecule has 3 aromatic carbocycles. The molecule has 0 fully saturated rings. The molecule has 0 aliphatic carbocycles. The van der Waals surface area contributed by atoms with Gasteiger partial charge < -0.3 is 0 Å². The van der Waals surface area contributed by atoms with E-state index in [0.29, 0.717) is 11.3 Å². The van der Waals surface area contributed by atoms with E-state index in [2.05, 4.69) is 4.72 Å². The van der Waals surface area contributed by atoms with E-state index in [0.717, 1.165) is 5.56 Å². The van der Waals surface area contributed by atoms with E-state index in [4.69, 9.17) is 0 Å². The molecule has 4 nitrogen and oxygen atoms in total. The molecule has 0 amide bonds. The fraction of sp³-hybridized carbons (Fsp3) is 0. The van der Waals surface area contributed by atoms with Crippen LogP contribution in [0.3, 0.4) is 0 Å². The van der Waals surface area contributed by atoms with E-state index in [1.165, 1.54) is 18.2 Å². The van der Waals surface area contributed by atoms with Crippen molar-refractivity contribution in [3.63, 3.8) is 0 Å². The molecule has 5 heteroatoms. The molecule has 0 heterocycles. The molecule has 0 saturated heterocycles. The van der Waals surface area contributed by atoms with Crippen LogP contribution in [0.4, 0.5) is 5.69 Å². The van der Waals surface area contributed by atoms with E-state index >= 15 is 0 Å². The Bertz CT molecular complexity index is 1010. The Kier molecular flexibility index (Phi) is 5.29. The summed E-state index contributed by atoms with van der Waals surface area (Å²) in [6.07, 6.45) is 3.24. The first-order valence-electron chi connectivity index (χ1n) is 8.00. The van der Waals surface area contributed by atoms with Gasteiger partial charge in [-0.25, -0.2) is 8.42 Å². The maximum Gasteiger partial charge on any atom is 0.261 e. The molecule has 0 bridgehead atoms. The summed E-state index contributed by atoms with van der Waals surface area (Å²) in [5, 5.41) is 0. The minimum absolute atomic E-state index is 0.147. The molecule has 0 atom stereocenters. The Hall–Kier alpha value is -3.18. The normalized spacial score (nSPS) is 11.4. The third-order valence-electron chi connectivity index (χ3n) is 3.70. The quantitative estimate of drug-likeness (QED) is 0.522. The zero-order chi connectivity index (χ0) is 18.4. The van der Waals surface area contributed by atoms with Crippen molar-refractivity contribution in [3.8, 4) is 0 Å². The number of rotatable bonds is 6. The number of ketones is 1. The number of hydrogen-bond donors (Lipinski definition) is 1. The molecule has 3 rings (SSSR count). The Morgan fingerprint density at radius 2 is 1.35 bits per heavy atom. The van der Waals surface area contributed by atoms with Gasteiger partial charge in [-0.05, 0) is 48.0 Å². The van der Waals surface area contributed by atoms with Crippen molar-refractivity contribution >= 4 is 27.6 Å². The van der Waals surface area contributed by atoms with Gasteiger partial charge in [0.15, 0.2) is 5.78 Å². The first-order valence-corrected chi connectivity index (χ1v) is 9.48. The second-order valence-corrected chi connectivity index (χ2v) is 7.29. The van der Waals surface area contributed by atoms with Crippen LogP contribution in [-0.2, 0) is 10.0 Å². The second kappa shape index (κ2) is 7.80. The summed E-state index contributed by atoms with van der Waals surface area (Å²) >= 11 is 0. The van der Waals surface area contributed by atoms with E-state index < -0.39 is 10.0 Å². The van der Waals surface area contributed by atoms with E-state index in [-0.39, 0.29) is 10.7 Å². The summed E-state index contributed by atoms with van der Waals surface area (Å²) in [5.41, 5.74) is 1.82. The molecule has 0 aliphatic rings. The zero-order valence-electron chi connectivity index (χ0n) is 13.9. The fourth-order valence-corrected chi connectivity index (χ4v) is 3.43. The maximum atomic E-state index is 12.3. The van der Waals surface area contributed by atoms with Gasteiger partial charge >= 0.3 is 0 Å². The largest absolute Gasteiger partial charge is 0.289 e. The maximum absolute atomic E-state index is 12.3. The van der Waals surface area contributed by atoms with Crippen LogP contribution in [0.5, 0.6) is 0 Å². The van der Waals surface area contributed by atoms with Gasteiger partial charge in [-0.1, -0.05) is 54.6 Å². The summed E-state index contributed by atoms with van der Waals surface area (Å²) in [4.78, 5) is 12.4. The van der Waals surface area contributed by atoms with Crippen molar-refractivity contribution in [2.24, 2.45) is 0 Å². The highest BCUT2D eigenvalue weighted by Crippen LogP contribution is 2.17. The van der Waals surface area contributed by atoms with Crippen molar-refractivity contribution in [2.75, 3.05) is 4.72 Å². The highest BCUT2D eigenvalue weighted by molar-refractivity contribution is 7.92. The smallest absolute Gasteiger partial charge is 0.261 e. The summed E-state index contributed by atoms with van der Waals surface area (Å²) in [5.74, 6) is -0.147. The van der Waals surface area contributed by atoms with Gasteiger partial charge in [0.1, 0.15) is 0 Å². The Morgan fingerprint density at radius 3 is 1.96 bits per heavy atom. The molecule has 0 saturated carbocycles. The van der Waals surface area contributed by atoms with Crippen LogP contribution in [0.2, 0.25) is 0 Å². The first kappa shape index (κ1) is 17.6. The zero-order valence-corrected chi connectivity index (χ0v) is 14.7. The molecule has 26 heavy (non-hydrogen) atoms. The van der Waals surface area contributed by atoms with E-state index in [9.17, 15) is 13.2 Å². The molecule has 0 radical (unpaired) electrons. The molecular weight excluding hydrogens is 346 g/mol. The predicted molar refractivity (Wildman–Crippen MR) is 103 cm³/mol. The van der Waals surface area contributed by atoms with Crippen molar-refractivity contribution in [3.05, 3.63) is 102 Å². The lowest BCUT2D eigenvalue weighted by molar-refractivity contribution is 0.104.